The van der Waals surface area contributed by atoms with Crippen LogP contribution in [-0.4, -0.2) is 63.3 Å². The van der Waals surface area contributed by atoms with Gasteiger partial charge in [-0.3, -0.25) is 4.79 Å². The molecule has 0 aliphatic carbocycles. The van der Waals surface area contributed by atoms with Crippen LogP contribution in [0, 0.1) is 0 Å². The number of carbonyl (C=O) groups is 1. The first-order valence-electron chi connectivity index (χ1n) is 12.9. The Kier molecular flexibility index (Phi) is 25.0. The van der Waals surface area contributed by atoms with Crippen molar-refractivity contribution < 1.29 is 24.1 Å². The Morgan fingerprint density at radius 2 is 1.42 bits per heavy atom. The average Bonchev–Trinajstić information content (AvgIpc) is 2.77. The molecule has 0 aliphatic heterocycles. The summed E-state index contributed by atoms with van der Waals surface area (Å²) in [5.74, 6) is -0.132. The fourth-order valence-electron chi connectivity index (χ4n) is 3.28. The van der Waals surface area contributed by atoms with Gasteiger partial charge in [-0.2, -0.15) is 0 Å². The van der Waals surface area contributed by atoms with E-state index in [1.807, 2.05) is 0 Å². The predicted molar refractivity (Wildman–Crippen MR) is 127 cm³/mol. The summed E-state index contributed by atoms with van der Waals surface area (Å²) in [7, 11) is 0. The normalized spacial score (nSPS) is 12.2. The number of nitrogens with one attached hydrogen (secondary N) is 1. The van der Waals surface area contributed by atoms with E-state index in [0.29, 0.717) is 26.2 Å². The van der Waals surface area contributed by atoms with Crippen LogP contribution in [0.15, 0.2) is 0 Å². The van der Waals surface area contributed by atoms with Crippen LogP contribution in [0.4, 0.5) is 0 Å². The Balaban J connectivity index is 3.87. The molecule has 0 spiro atoms. The van der Waals surface area contributed by atoms with Gasteiger partial charge in [-0.15, -0.1) is 0 Å². The van der Waals surface area contributed by atoms with Gasteiger partial charge in [-0.05, 0) is 32.2 Å². The molecule has 0 radical (unpaired) electrons. The third kappa shape index (κ3) is 23.8. The molecule has 0 aliphatic rings. The Labute approximate surface area is 191 Å². The SMILES string of the molecule is CCCCCCOCC(COC(=O)CCCCCCCNCCO)OCCCCCC. The zero-order valence-corrected chi connectivity index (χ0v) is 20.5. The van der Waals surface area contributed by atoms with Gasteiger partial charge >= 0.3 is 5.97 Å². The van der Waals surface area contributed by atoms with Gasteiger partial charge in [-0.1, -0.05) is 71.6 Å². The van der Waals surface area contributed by atoms with Crippen molar-refractivity contribution >= 4 is 5.97 Å². The number of ether oxygens (including phenoxy) is 3. The van der Waals surface area contributed by atoms with Crippen molar-refractivity contribution in [3.63, 3.8) is 0 Å². The van der Waals surface area contributed by atoms with Crippen LogP contribution < -0.4 is 5.32 Å². The summed E-state index contributed by atoms with van der Waals surface area (Å²) < 4.78 is 17.2. The van der Waals surface area contributed by atoms with Crippen LogP contribution in [0.3, 0.4) is 0 Å². The van der Waals surface area contributed by atoms with E-state index in [-0.39, 0.29) is 25.3 Å². The number of hydrogen-bond acceptors (Lipinski definition) is 6. The fraction of sp³-hybridized carbons (Fsp3) is 0.960. The molecule has 0 saturated heterocycles. The second kappa shape index (κ2) is 25.6. The van der Waals surface area contributed by atoms with E-state index in [9.17, 15) is 4.79 Å². The summed E-state index contributed by atoms with van der Waals surface area (Å²) in [6, 6.07) is 0. The summed E-state index contributed by atoms with van der Waals surface area (Å²) in [5, 5.41) is 11.9. The van der Waals surface area contributed by atoms with Crippen LogP contribution in [0.2, 0.25) is 0 Å². The first-order valence-corrected chi connectivity index (χ1v) is 12.9. The smallest absolute Gasteiger partial charge is 0.305 e. The Morgan fingerprint density at radius 3 is 2.13 bits per heavy atom. The van der Waals surface area contributed by atoms with Crippen LogP contribution in [0.5, 0.6) is 0 Å². The molecule has 0 aromatic rings. The highest BCUT2D eigenvalue weighted by molar-refractivity contribution is 5.69. The van der Waals surface area contributed by atoms with E-state index in [1.165, 1.54) is 38.5 Å². The number of aliphatic hydroxyl groups excluding tert-OH is 1. The van der Waals surface area contributed by atoms with E-state index in [1.54, 1.807) is 0 Å². The van der Waals surface area contributed by atoms with E-state index in [4.69, 9.17) is 19.3 Å². The minimum atomic E-state index is -0.164. The number of esters is 1. The fourth-order valence-corrected chi connectivity index (χ4v) is 3.28. The molecule has 2 N–H and O–H groups in total. The highest BCUT2D eigenvalue weighted by atomic mass is 16.6. The lowest BCUT2D eigenvalue weighted by Crippen LogP contribution is -2.28. The van der Waals surface area contributed by atoms with Crippen LogP contribution in [0.1, 0.15) is 104 Å². The molecule has 0 aromatic carbocycles. The zero-order valence-electron chi connectivity index (χ0n) is 20.5. The molecular weight excluding hydrogens is 394 g/mol. The molecule has 0 fully saturated rings. The quantitative estimate of drug-likeness (QED) is 0.152. The van der Waals surface area contributed by atoms with Crippen LogP contribution >= 0.6 is 0 Å². The maximum atomic E-state index is 12.1. The van der Waals surface area contributed by atoms with Gasteiger partial charge in [-0.25, -0.2) is 0 Å². The minimum absolute atomic E-state index is 0.132. The molecule has 0 heterocycles. The van der Waals surface area contributed by atoms with Crippen molar-refractivity contribution in [1.82, 2.24) is 5.32 Å². The van der Waals surface area contributed by atoms with Crippen molar-refractivity contribution in [2.75, 3.05) is 46.1 Å². The van der Waals surface area contributed by atoms with Crippen LogP contribution in [-0.2, 0) is 19.0 Å². The molecule has 0 saturated carbocycles. The molecule has 1 atom stereocenters. The van der Waals surface area contributed by atoms with Gasteiger partial charge < -0.3 is 24.6 Å². The van der Waals surface area contributed by atoms with Gasteiger partial charge in [0.25, 0.3) is 0 Å². The second-order valence-corrected chi connectivity index (χ2v) is 8.36. The van der Waals surface area contributed by atoms with Crippen molar-refractivity contribution in [2.24, 2.45) is 0 Å². The molecule has 31 heavy (non-hydrogen) atoms. The molecular formula is C25H51NO5. The maximum Gasteiger partial charge on any atom is 0.305 e. The Hall–Kier alpha value is -0.690. The molecule has 0 amide bonds. The lowest BCUT2D eigenvalue weighted by Gasteiger charge is -2.18. The van der Waals surface area contributed by atoms with Gasteiger partial charge in [0.15, 0.2) is 0 Å². The summed E-state index contributed by atoms with van der Waals surface area (Å²) >= 11 is 0. The topological polar surface area (TPSA) is 77.0 Å². The molecule has 1 unspecified atom stereocenters. The zero-order chi connectivity index (χ0) is 22.8. The monoisotopic (exact) mass is 445 g/mol. The van der Waals surface area contributed by atoms with E-state index < -0.39 is 0 Å². The number of carbonyl (C=O) groups excluding carboxylic acids is 1. The average molecular weight is 446 g/mol. The van der Waals surface area contributed by atoms with Gasteiger partial charge in [0.2, 0.25) is 0 Å². The number of unbranched alkanes of at least 4 members (excludes halogenated alkanes) is 10. The summed E-state index contributed by atoms with van der Waals surface area (Å²) in [4.78, 5) is 12.1. The van der Waals surface area contributed by atoms with Gasteiger partial charge in [0, 0.05) is 26.2 Å². The summed E-state index contributed by atoms with van der Waals surface area (Å²) in [5.41, 5.74) is 0. The predicted octanol–water partition coefficient (Wildman–Crippen LogP) is 5.01. The second-order valence-electron chi connectivity index (χ2n) is 8.36. The van der Waals surface area contributed by atoms with Crippen molar-refractivity contribution in [2.45, 2.75) is 110 Å². The van der Waals surface area contributed by atoms with Gasteiger partial charge in [0.1, 0.15) is 12.7 Å². The molecule has 0 bridgehead atoms. The number of aliphatic hydroxyl groups is 1. The standard InChI is InChI=1S/C25H51NO5/c1-3-5-7-14-20-29-22-24(30-21-15-8-6-4-2)23-31-25(28)16-12-10-9-11-13-17-26-18-19-27/h24,26-27H,3-23H2,1-2H3. The maximum absolute atomic E-state index is 12.1. The lowest BCUT2D eigenvalue weighted by atomic mass is 10.1. The molecule has 0 rings (SSSR count). The minimum Gasteiger partial charge on any atom is -0.463 e. The van der Waals surface area contributed by atoms with Crippen molar-refractivity contribution in [3.8, 4) is 0 Å². The van der Waals surface area contributed by atoms with E-state index in [0.717, 1.165) is 58.1 Å². The highest BCUT2D eigenvalue weighted by Gasteiger charge is 2.13. The van der Waals surface area contributed by atoms with Crippen molar-refractivity contribution in [3.05, 3.63) is 0 Å². The third-order valence-corrected chi connectivity index (χ3v) is 5.25. The molecule has 0 aromatic heterocycles. The third-order valence-electron chi connectivity index (χ3n) is 5.25. The largest absolute Gasteiger partial charge is 0.463 e. The number of rotatable bonds is 25. The Bertz CT molecular complexity index is 368. The summed E-state index contributed by atoms with van der Waals surface area (Å²) in [6.07, 6.45) is 15.0. The first kappa shape index (κ1) is 30.3. The van der Waals surface area contributed by atoms with E-state index in [2.05, 4.69) is 19.2 Å². The molecule has 6 heteroatoms. The van der Waals surface area contributed by atoms with Gasteiger partial charge in [0.05, 0.1) is 13.2 Å². The molecule has 6 nitrogen and oxygen atoms in total. The Morgan fingerprint density at radius 1 is 0.774 bits per heavy atom. The van der Waals surface area contributed by atoms with Crippen LogP contribution in [0.25, 0.3) is 0 Å². The van der Waals surface area contributed by atoms with Crippen molar-refractivity contribution in [1.29, 1.82) is 0 Å². The lowest BCUT2D eigenvalue weighted by molar-refractivity contribution is -0.150. The highest BCUT2D eigenvalue weighted by Crippen LogP contribution is 2.08. The molecule has 186 valence electrons. The van der Waals surface area contributed by atoms with E-state index >= 15 is 0 Å². The first-order chi connectivity index (χ1) is 15.2. The summed E-state index contributed by atoms with van der Waals surface area (Å²) in [6.45, 7) is 8.45. The number of hydrogen-bond donors (Lipinski definition) is 2.